The molecule has 1 aromatic heterocycles. The number of pyridine rings is 1. The van der Waals surface area contributed by atoms with Gasteiger partial charge in [-0.2, -0.15) is 0 Å². The predicted molar refractivity (Wildman–Crippen MR) is 76.1 cm³/mol. The molecule has 19 heavy (non-hydrogen) atoms. The molecule has 2 fully saturated rings. The monoisotopic (exact) mass is 260 g/mol. The molecule has 1 heterocycles. The van der Waals surface area contributed by atoms with E-state index in [1.54, 1.807) is 0 Å². The second-order valence-electron chi connectivity index (χ2n) is 6.14. The van der Waals surface area contributed by atoms with Crippen LogP contribution in [0.3, 0.4) is 0 Å². The zero-order valence-corrected chi connectivity index (χ0v) is 11.8. The Morgan fingerprint density at radius 3 is 2.58 bits per heavy atom. The van der Waals surface area contributed by atoms with Crippen molar-refractivity contribution < 1.29 is 4.74 Å². The molecule has 2 saturated carbocycles. The summed E-state index contributed by atoms with van der Waals surface area (Å²) in [6.45, 7) is 3.21. The van der Waals surface area contributed by atoms with E-state index in [0.717, 1.165) is 29.9 Å². The summed E-state index contributed by atoms with van der Waals surface area (Å²) in [5, 5.41) is 3.48. The third-order valence-corrected chi connectivity index (χ3v) is 4.21. The highest BCUT2D eigenvalue weighted by atomic mass is 16.5. The molecule has 1 aromatic rings. The Labute approximate surface area is 115 Å². The van der Waals surface area contributed by atoms with Crippen molar-refractivity contribution in [3.63, 3.8) is 0 Å². The minimum absolute atomic E-state index is 0.397. The van der Waals surface area contributed by atoms with Gasteiger partial charge in [-0.15, -0.1) is 0 Å². The molecule has 0 aliphatic heterocycles. The van der Waals surface area contributed by atoms with E-state index < -0.39 is 0 Å². The maximum Gasteiger partial charge on any atom is 0.138 e. The van der Waals surface area contributed by atoms with Gasteiger partial charge in [0.15, 0.2) is 0 Å². The number of nitrogens with one attached hydrogen (secondary N) is 1. The van der Waals surface area contributed by atoms with Crippen LogP contribution in [0.15, 0.2) is 18.3 Å². The smallest absolute Gasteiger partial charge is 0.138 e. The lowest BCUT2D eigenvalue weighted by Gasteiger charge is -2.26. The first-order chi connectivity index (χ1) is 9.29. The molecular weight excluding hydrogens is 236 g/mol. The molecule has 2 aliphatic carbocycles. The highest BCUT2D eigenvalue weighted by Gasteiger charge is 2.21. The van der Waals surface area contributed by atoms with Crippen molar-refractivity contribution in [2.75, 3.05) is 0 Å². The van der Waals surface area contributed by atoms with Gasteiger partial charge >= 0.3 is 0 Å². The Morgan fingerprint density at radius 2 is 1.95 bits per heavy atom. The molecule has 3 heteroatoms. The zero-order valence-electron chi connectivity index (χ0n) is 11.8. The summed E-state index contributed by atoms with van der Waals surface area (Å²) < 4.78 is 6.01. The zero-order chi connectivity index (χ0) is 13.1. The fourth-order valence-electron chi connectivity index (χ4n) is 2.66. The van der Waals surface area contributed by atoms with Crippen molar-refractivity contribution in [3.8, 4) is 5.75 Å². The lowest BCUT2D eigenvalue weighted by Crippen LogP contribution is -2.23. The highest BCUT2D eigenvalue weighted by Crippen LogP contribution is 2.27. The molecule has 104 valence electrons. The molecule has 2 aliphatic rings. The minimum Gasteiger partial charge on any atom is -0.489 e. The number of nitrogens with zero attached hydrogens (tertiary/aromatic N) is 1. The van der Waals surface area contributed by atoms with Gasteiger partial charge in [-0.05, 0) is 56.6 Å². The summed E-state index contributed by atoms with van der Waals surface area (Å²) in [4.78, 5) is 4.47. The number of rotatable bonds is 5. The fourth-order valence-corrected chi connectivity index (χ4v) is 2.66. The van der Waals surface area contributed by atoms with E-state index in [9.17, 15) is 0 Å². The Bertz CT molecular complexity index is 392. The highest BCUT2D eigenvalue weighted by molar-refractivity contribution is 5.20. The minimum atomic E-state index is 0.397. The third-order valence-electron chi connectivity index (χ3n) is 4.21. The van der Waals surface area contributed by atoms with Crippen LogP contribution in [0.4, 0.5) is 0 Å². The van der Waals surface area contributed by atoms with E-state index in [0.29, 0.717) is 6.10 Å². The lowest BCUT2D eigenvalue weighted by atomic mass is 9.89. The van der Waals surface area contributed by atoms with Gasteiger partial charge < -0.3 is 10.1 Å². The van der Waals surface area contributed by atoms with Crippen LogP contribution in [0.25, 0.3) is 0 Å². The maximum atomic E-state index is 6.01. The van der Waals surface area contributed by atoms with Crippen molar-refractivity contribution in [2.24, 2.45) is 5.92 Å². The van der Waals surface area contributed by atoms with Gasteiger partial charge in [-0.3, -0.25) is 4.98 Å². The SMILES string of the molecule is CC1CCC(Oc2ccc(CNC3CC3)nc2)CC1. The number of ether oxygens (including phenoxy) is 1. The van der Waals surface area contributed by atoms with E-state index in [-0.39, 0.29) is 0 Å². The van der Waals surface area contributed by atoms with E-state index in [1.807, 2.05) is 6.20 Å². The van der Waals surface area contributed by atoms with Gasteiger partial charge in [0.1, 0.15) is 5.75 Å². The average Bonchev–Trinajstić information content (AvgIpc) is 3.25. The molecule has 0 saturated heterocycles. The van der Waals surface area contributed by atoms with Gasteiger partial charge in [-0.25, -0.2) is 0 Å². The van der Waals surface area contributed by atoms with Crippen LogP contribution >= 0.6 is 0 Å². The van der Waals surface area contributed by atoms with Crippen LogP contribution < -0.4 is 10.1 Å². The molecule has 0 spiro atoms. The maximum absolute atomic E-state index is 6.01. The van der Waals surface area contributed by atoms with Crippen LogP contribution in [-0.4, -0.2) is 17.1 Å². The molecule has 0 bridgehead atoms. The Kier molecular flexibility index (Phi) is 4.02. The fraction of sp³-hybridized carbons (Fsp3) is 0.688. The molecule has 0 radical (unpaired) electrons. The number of hydrogen-bond donors (Lipinski definition) is 1. The summed E-state index contributed by atoms with van der Waals surface area (Å²) in [6.07, 6.45) is 9.87. The first kappa shape index (κ1) is 12.9. The Hall–Kier alpha value is -1.09. The van der Waals surface area contributed by atoms with Gasteiger partial charge in [0.25, 0.3) is 0 Å². The van der Waals surface area contributed by atoms with Crippen molar-refractivity contribution in [1.29, 1.82) is 0 Å². The molecular formula is C16H24N2O. The molecule has 0 atom stereocenters. The summed E-state index contributed by atoms with van der Waals surface area (Å²) >= 11 is 0. The average molecular weight is 260 g/mol. The summed E-state index contributed by atoms with van der Waals surface area (Å²) in [7, 11) is 0. The molecule has 0 aromatic carbocycles. The van der Waals surface area contributed by atoms with Crippen molar-refractivity contribution in [3.05, 3.63) is 24.0 Å². The normalized spacial score (nSPS) is 27.2. The number of aromatic nitrogens is 1. The standard InChI is InChI=1S/C16H24N2O/c1-12-2-7-15(8-3-12)19-16-9-6-14(18-11-16)10-17-13-4-5-13/h6,9,11-13,15,17H,2-5,7-8,10H2,1H3. The summed E-state index contributed by atoms with van der Waals surface area (Å²) in [6, 6.07) is 4.88. The van der Waals surface area contributed by atoms with E-state index in [2.05, 4.69) is 29.4 Å². The molecule has 0 unspecified atom stereocenters. The van der Waals surface area contributed by atoms with Crippen LogP contribution in [0, 0.1) is 5.92 Å². The summed E-state index contributed by atoms with van der Waals surface area (Å²) in [5.74, 6) is 1.79. The van der Waals surface area contributed by atoms with Crippen LogP contribution in [0.1, 0.15) is 51.1 Å². The van der Waals surface area contributed by atoms with Gasteiger partial charge in [0, 0.05) is 12.6 Å². The third kappa shape index (κ3) is 3.93. The van der Waals surface area contributed by atoms with E-state index >= 15 is 0 Å². The van der Waals surface area contributed by atoms with Gasteiger partial charge in [-0.1, -0.05) is 6.92 Å². The Balaban J connectivity index is 1.47. The molecule has 3 rings (SSSR count). The van der Waals surface area contributed by atoms with E-state index in [1.165, 1.54) is 38.5 Å². The quantitative estimate of drug-likeness (QED) is 0.882. The second kappa shape index (κ2) is 5.91. The topological polar surface area (TPSA) is 34.1 Å². The number of hydrogen-bond acceptors (Lipinski definition) is 3. The summed E-state index contributed by atoms with van der Waals surface area (Å²) in [5.41, 5.74) is 1.11. The molecule has 3 nitrogen and oxygen atoms in total. The lowest BCUT2D eigenvalue weighted by molar-refractivity contribution is 0.135. The molecule has 1 N–H and O–H groups in total. The van der Waals surface area contributed by atoms with Crippen LogP contribution in [0.2, 0.25) is 0 Å². The van der Waals surface area contributed by atoms with Crippen LogP contribution in [-0.2, 0) is 6.54 Å². The van der Waals surface area contributed by atoms with Gasteiger partial charge in [0.2, 0.25) is 0 Å². The van der Waals surface area contributed by atoms with Crippen molar-refractivity contribution in [1.82, 2.24) is 10.3 Å². The van der Waals surface area contributed by atoms with Crippen molar-refractivity contribution >= 4 is 0 Å². The van der Waals surface area contributed by atoms with Crippen molar-refractivity contribution in [2.45, 2.75) is 64.1 Å². The molecule has 0 amide bonds. The van der Waals surface area contributed by atoms with Gasteiger partial charge in [0.05, 0.1) is 18.0 Å². The second-order valence-corrected chi connectivity index (χ2v) is 6.14. The predicted octanol–water partition coefficient (Wildman–Crippen LogP) is 3.29. The first-order valence-corrected chi connectivity index (χ1v) is 7.64. The first-order valence-electron chi connectivity index (χ1n) is 7.64. The largest absolute Gasteiger partial charge is 0.489 e. The van der Waals surface area contributed by atoms with E-state index in [4.69, 9.17) is 4.74 Å². The Morgan fingerprint density at radius 1 is 1.16 bits per heavy atom. The van der Waals surface area contributed by atoms with Crippen LogP contribution in [0.5, 0.6) is 5.75 Å².